The Labute approximate surface area is 150 Å². The maximum Gasteiger partial charge on any atom is 0.311 e. The summed E-state index contributed by atoms with van der Waals surface area (Å²) in [5.74, 6) is 0.0410. The molecule has 0 saturated heterocycles. The average Bonchev–Trinajstić information content (AvgIpc) is 2.62. The maximum absolute atomic E-state index is 11.7. The molecular formula is C20H30O5. The Hall–Kier alpha value is -2.04. The van der Waals surface area contributed by atoms with Crippen molar-refractivity contribution in [2.24, 2.45) is 0 Å². The van der Waals surface area contributed by atoms with Crippen LogP contribution in [0.25, 0.3) is 0 Å². The van der Waals surface area contributed by atoms with Gasteiger partial charge in [-0.25, -0.2) is 0 Å². The van der Waals surface area contributed by atoms with E-state index < -0.39 is 5.97 Å². The van der Waals surface area contributed by atoms with E-state index in [-0.39, 0.29) is 30.3 Å². The van der Waals surface area contributed by atoms with Crippen LogP contribution in [-0.2, 0) is 9.59 Å². The zero-order chi connectivity index (χ0) is 18.5. The molecule has 0 fully saturated rings. The van der Waals surface area contributed by atoms with Crippen molar-refractivity contribution in [2.75, 3.05) is 6.61 Å². The van der Waals surface area contributed by atoms with E-state index >= 15 is 0 Å². The first-order chi connectivity index (χ1) is 12.1. The van der Waals surface area contributed by atoms with Gasteiger partial charge in [0.05, 0.1) is 6.61 Å². The van der Waals surface area contributed by atoms with Gasteiger partial charge in [0.25, 0.3) is 0 Å². The lowest BCUT2D eigenvalue weighted by Crippen LogP contribution is -2.12. The summed E-state index contributed by atoms with van der Waals surface area (Å²) in [5, 5.41) is 0. The zero-order valence-corrected chi connectivity index (χ0v) is 15.6. The molecule has 1 rings (SSSR count). The number of benzene rings is 1. The van der Waals surface area contributed by atoms with Gasteiger partial charge in [0.1, 0.15) is 0 Å². The van der Waals surface area contributed by atoms with E-state index in [2.05, 4.69) is 6.92 Å². The third-order valence-corrected chi connectivity index (χ3v) is 3.72. The largest absolute Gasteiger partial charge is 0.490 e. The highest BCUT2D eigenvalue weighted by Crippen LogP contribution is 2.38. The first-order valence-corrected chi connectivity index (χ1v) is 9.29. The van der Waals surface area contributed by atoms with E-state index in [0.717, 1.165) is 12.8 Å². The molecule has 0 radical (unpaired) electrons. The third kappa shape index (κ3) is 8.05. The van der Waals surface area contributed by atoms with Gasteiger partial charge in [0, 0.05) is 12.8 Å². The fourth-order valence-corrected chi connectivity index (χ4v) is 2.24. The van der Waals surface area contributed by atoms with E-state index in [1.54, 1.807) is 32.0 Å². The molecule has 0 saturated carbocycles. The molecule has 0 aliphatic carbocycles. The van der Waals surface area contributed by atoms with Crippen LogP contribution in [0.3, 0.4) is 0 Å². The van der Waals surface area contributed by atoms with Crippen LogP contribution in [0.15, 0.2) is 18.2 Å². The Morgan fingerprint density at radius 3 is 2.08 bits per heavy atom. The number of unbranched alkanes of at least 4 members (excludes halogenated alkanes) is 5. The molecule has 140 valence electrons. The standard InChI is InChI=1S/C20H30O5/c1-4-7-8-9-10-11-15-23-16-13-12-14-17(24-18(21)5-2)20(16)25-19(22)6-3/h12-14H,4-11,15H2,1-3H3. The number of para-hydroxylation sites is 1. The summed E-state index contributed by atoms with van der Waals surface area (Å²) in [6.45, 7) is 6.15. The molecule has 0 unspecified atom stereocenters. The summed E-state index contributed by atoms with van der Waals surface area (Å²) in [6, 6.07) is 5.04. The van der Waals surface area contributed by atoms with Crippen molar-refractivity contribution >= 4 is 11.9 Å². The first kappa shape index (κ1) is 21.0. The fraction of sp³-hybridized carbons (Fsp3) is 0.600. The van der Waals surface area contributed by atoms with Crippen LogP contribution in [0, 0.1) is 0 Å². The molecule has 5 heteroatoms. The second kappa shape index (κ2) is 12.3. The second-order valence-electron chi connectivity index (χ2n) is 5.85. The van der Waals surface area contributed by atoms with Crippen LogP contribution >= 0.6 is 0 Å². The smallest absolute Gasteiger partial charge is 0.311 e. The van der Waals surface area contributed by atoms with Crippen LogP contribution in [-0.4, -0.2) is 18.5 Å². The number of esters is 2. The molecule has 0 N–H and O–H groups in total. The molecular weight excluding hydrogens is 320 g/mol. The van der Waals surface area contributed by atoms with Gasteiger partial charge in [-0.05, 0) is 18.6 Å². The number of hydrogen-bond acceptors (Lipinski definition) is 5. The Balaban J connectivity index is 2.70. The molecule has 0 aromatic heterocycles. The molecule has 0 spiro atoms. The van der Waals surface area contributed by atoms with Gasteiger partial charge in [0.2, 0.25) is 5.75 Å². The van der Waals surface area contributed by atoms with E-state index in [1.807, 2.05) is 0 Å². The highest BCUT2D eigenvalue weighted by atomic mass is 16.6. The molecule has 25 heavy (non-hydrogen) atoms. The minimum atomic E-state index is -0.399. The van der Waals surface area contributed by atoms with Gasteiger partial charge in [-0.15, -0.1) is 0 Å². The van der Waals surface area contributed by atoms with Gasteiger partial charge >= 0.3 is 11.9 Å². The lowest BCUT2D eigenvalue weighted by molar-refractivity contribution is -0.136. The Morgan fingerprint density at radius 2 is 1.40 bits per heavy atom. The molecule has 1 aromatic carbocycles. The molecule has 0 bridgehead atoms. The van der Waals surface area contributed by atoms with Crippen molar-refractivity contribution in [3.8, 4) is 17.2 Å². The van der Waals surface area contributed by atoms with Gasteiger partial charge in [0.15, 0.2) is 11.5 Å². The molecule has 5 nitrogen and oxygen atoms in total. The van der Waals surface area contributed by atoms with Crippen LogP contribution in [0.5, 0.6) is 17.2 Å². The van der Waals surface area contributed by atoms with Gasteiger partial charge in [-0.3, -0.25) is 9.59 Å². The molecule has 0 heterocycles. The van der Waals surface area contributed by atoms with E-state index in [0.29, 0.717) is 12.4 Å². The van der Waals surface area contributed by atoms with Gasteiger partial charge in [-0.1, -0.05) is 58.9 Å². The number of rotatable bonds is 12. The highest BCUT2D eigenvalue weighted by molar-refractivity contribution is 5.77. The summed E-state index contributed by atoms with van der Waals surface area (Å²) in [6.07, 6.45) is 7.45. The molecule has 0 aliphatic heterocycles. The predicted octanol–water partition coefficient (Wildman–Crippen LogP) is 5.06. The van der Waals surface area contributed by atoms with Crippen LogP contribution in [0.4, 0.5) is 0 Å². The van der Waals surface area contributed by atoms with Crippen molar-refractivity contribution in [3.05, 3.63) is 18.2 Å². The second-order valence-corrected chi connectivity index (χ2v) is 5.85. The van der Waals surface area contributed by atoms with Crippen molar-refractivity contribution in [1.29, 1.82) is 0 Å². The van der Waals surface area contributed by atoms with Crippen molar-refractivity contribution in [1.82, 2.24) is 0 Å². The van der Waals surface area contributed by atoms with Crippen molar-refractivity contribution in [3.63, 3.8) is 0 Å². The minimum Gasteiger partial charge on any atom is -0.490 e. The third-order valence-electron chi connectivity index (χ3n) is 3.72. The highest BCUT2D eigenvalue weighted by Gasteiger charge is 2.17. The lowest BCUT2D eigenvalue weighted by Gasteiger charge is -2.15. The molecule has 1 aromatic rings. The summed E-state index contributed by atoms with van der Waals surface area (Å²) in [4.78, 5) is 23.3. The van der Waals surface area contributed by atoms with E-state index in [1.165, 1.54) is 25.7 Å². The van der Waals surface area contributed by atoms with Crippen LogP contribution in [0.2, 0.25) is 0 Å². The Morgan fingerprint density at radius 1 is 0.800 bits per heavy atom. The Bertz CT molecular complexity index is 539. The molecule has 0 amide bonds. The fourth-order valence-electron chi connectivity index (χ4n) is 2.24. The van der Waals surface area contributed by atoms with Gasteiger partial charge in [-0.2, -0.15) is 0 Å². The SMILES string of the molecule is CCCCCCCCOc1cccc(OC(=O)CC)c1OC(=O)CC. The summed E-state index contributed by atoms with van der Waals surface area (Å²) >= 11 is 0. The van der Waals surface area contributed by atoms with Crippen molar-refractivity contribution < 1.29 is 23.8 Å². The van der Waals surface area contributed by atoms with E-state index in [9.17, 15) is 9.59 Å². The average molecular weight is 350 g/mol. The number of hydrogen-bond donors (Lipinski definition) is 0. The predicted molar refractivity (Wildman–Crippen MR) is 97.2 cm³/mol. The van der Waals surface area contributed by atoms with E-state index in [4.69, 9.17) is 14.2 Å². The summed E-state index contributed by atoms with van der Waals surface area (Å²) in [5.41, 5.74) is 0. The Kier molecular flexibility index (Phi) is 10.4. The number of ether oxygens (including phenoxy) is 3. The summed E-state index contributed by atoms with van der Waals surface area (Å²) in [7, 11) is 0. The summed E-state index contributed by atoms with van der Waals surface area (Å²) < 4.78 is 16.4. The van der Waals surface area contributed by atoms with Crippen LogP contribution < -0.4 is 14.2 Å². The van der Waals surface area contributed by atoms with Gasteiger partial charge < -0.3 is 14.2 Å². The molecule has 0 aliphatic rings. The normalized spacial score (nSPS) is 10.4. The molecule has 0 atom stereocenters. The lowest BCUT2D eigenvalue weighted by atomic mass is 10.1. The minimum absolute atomic E-state index is 0.183. The van der Waals surface area contributed by atoms with Crippen LogP contribution in [0.1, 0.15) is 72.1 Å². The quantitative estimate of drug-likeness (QED) is 0.300. The monoisotopic (exact) mass is 350 g/mol. The number of carbonyl (C=O) groups excluding carboxylic acids is 2. The zero-order valence-electron chi connectivity index (χ0n) is 15.6. The topological polar surface area (TPSA) is 61.8 Å². The number of carbonyl (C=O) groups is 2. The first-order valence-electron chi connectivity index (χ1n) is 9.29. The van der Waals surface area contributed by atoms with Crippen molar-refractivity contribution in [2.45, 2.75) is 72.1 Å². The maximum atomic E-state index is 11.7.